The maximum atomic E-state index is 12.4. The molecule has 0 atom stereocenters. The lowest BCUT2D eigenvalue weighted by Gasteiger charge is -2.36. The fourth-order valence-electron chi connectivity index (χ4n) is 4.00. The number of fused-ring (bicyclic) bond motifs is 1. The van der Waals surface area contributed by atoms with Gasteiger partial charge in [-0.25, -0.2) is 19.4 Å². The first kappa shape index (κ1) is 23.6. The summed E-state index contributed by atoms with van der Waals surface area (Å²) in [5.74, 6) is 1.49. The highest BCUT2D eigenvalue weighted by atomic mass is 16.6. The average molecular weight is 489 g/mol. The van der Waals surface area contributed by atoms with E-state index in [1.807, 2.05) is 45.0 Å². The summed E-state index contributed by atoms with van der Waals surface area (Å²) in [5.41, 5.74) is 1.99. The number of carbonyl (C=O) groups is 1. The van der Waals surface area contributed by atoms with Crippen LogP contribution in [0.2, 0.25) is 0 Å². The van der Waals surface area contributed by atoms with Crippen LogP contribution in [0.3, 0.4) is 0 Å². The third-order valence-corrected chi connectivity index (χ3v) is 5.75. The summed E-state index contributed by atoms with van der Waals surface area (Å²) in [4.78, 5) is 34.2. The highest BCUT2D eigenvalue weighted by Crippen LogP contribution is 2.24. The van der Waals surface area contributed by atoms with Crippen molar-refractivity contribution in [1.29, 1.82) is 0 Å². The SMILES string of the molecule is CC(C)(C)OC(=O)N1CCN(c2cccc(-n3ncc4cnc(-c5cncc(CO)n5)cc43)n2)CC1. The standard InChI is InChI=1S/C25H28N8O3/c1-25(2,3)36-24(35)32-9-7-31(8-10-32)22-5-4-6-23(30-22)33-21-11-19(27-12-17(21)13-28-33)20-15-26-14-18(16-34)29-20/h4-6,11-15,34H,7-10,16H2,1-3H3. The number of aromatic nitrogens is 6. The van der Waals surface area contributed by atoms with Crippen molar-refractivity contribution >= 4 is 22.8 Å². The number of rotatable bonds is 4. The minimum Gasteiger partial charge on any atom is -0.444 e. The molecule has 0 aliphatic carbocycles. The van der Waals surface area contributed by atoms with Crippen LogP contribution >= 0.6 is 0 Å². The Morgan fingerprint density at radius 1 is 1.00 bits per heavy atom. The Kier molecular flexibility index (Phi) is 6.23. The third kappa shape index (κ3) is 4.96. The van der Waals surface area contributed by atoms with Gasteiger partial charge in [-0.3, -0.25) is 9.97 Å². The van der Waals surface area contributed by atoms with Gasteiger partial charge in [0.2, 0.25) is 0 Å². The zero-order chi connectivity index (χ0) is 25.3. The normalized spacial score (nSPS) is 14.3. The maximum Gasteiger partial charge on any atom is 0.410 e. The van der Waals surface area contributed by atoms with Crippen molar-refractivity contribution < 1.29 is 14.6 Å². The van der Waals surface area contributed by atoms with Gasteiger partial charge in [0.05, 0.1) is 42.1 Å². The quantitative estimate of drug-likeness (QED) is 0.462. The molecule has 0 spiro atoms. The lowest BCUT2D eigenvalue weighted by atomic mass is 10.2. The van der Waals surface area contributed by atoms with E-state index < -0.39 is 5.60 Å². The van der Waals surface area contributed by atoms with E-state index >= 15 is 0 Å². The molecule has 0 radical (unpaired) electrons. The van der Waals surface area contributed by atoms with Crippen molar-refractivity contribution in [1.82, 2.24) is 34.6 Å². The zero-order valence-electron chi connectivity index (χ0n) is 20.5. The molecule has 0 bridgehead atoms. The number of carbonyl (C=O) groups excluding carboxylic acids is 1. The number of anilines is 1. The van der Waals surface area contributed by atoms with E-state index in [1.165, 1.54) is 6.20 Å². The second kappa shape index (κ2) is 9.50. The van der Waals surface area contributed by atoms with E-state index in [4.69, 9.17) is 9.72 Å². The van der Waals surface area contributed by atoms with Crippen LogP contribution in [0, 0.1) is 0 Å². The number of piperazine rings is 1. The smallest absolute Gasteiger partial charge is 0.410 e. The number of aliphatic hydroxyl groups excluding tert-OH is 1. The van der Waals surface area contributed by atoms with Gasteiger partial charge >= 0.3 is 6.09 Å². The lowest BCUT2D eigenvalue weighted by molar-refractivity contribution is 0.0240. The van der Waals surface area contributed by atoms with Crippen molar-refractivity contribution in [2.75, 3.05) is 31.1 Å². The van der Waals surface area contributed by atoms with Crippen LogP contribution in [-0.2, 0) is 11.3 Å². The van der Waals surface area contributed by atoms with Crippen LogP contribution in [0.25, 0.3) is 28.1 Å². The van der Waals surface area contributed by atoms with E-state index in [9.17, 15) is 9.90 Å². The summed E-state index contributed by atoms with van der Waals surface area (Å²) in [5, 5.41) is 14.8. The monoisotopic (exact) mass is 488 g/mol. The number of pyridine rings is 2. The highest BCUT2D eigenvalue weighted by Gasteiger charge is 2.26. The third-order valence-electron chi connectivity index (χ3n) is 5.75. The molecule has 0 unspecified atom stereocenters. The van der Waals surface area contributed by atoms with Crippen molar-refractivity contribution in [2.24, 2.45) is 0 Å². The predicted octanol–water partition coefficient (Wildman–Crippen LogP) is 2.82. The Labute approximate surface area is 208 Å². The fourth-order valence-corrected chi connectivity index (χ4v) is 4.00. The largest absolute Gasteiger partial charge is 0.444 e. The molecular weight excluding hydrogens is 460 g/mol. The van der Waals surface area contributed by atoms with Gasteiger partial charge in [-0.15, -0.1) is 0 Å². The van der Waals surface area contributed by atoms with Crippen molar-refractivity contribution in [3.63, 3.8) is 0 Å². The van der Waals surface area contributed by atoms with Crippen LogP contribution in [-0.4, -0.2) is 77.6 Å². The molecule has 1 fully saturated rings. The average Bonchev–Trinajstić information content (AvgIpc) is 3.31. The van der Waals surface area contributed by atoms with Gasteiger partial charge in [0.25, 0.3) is 0 Å². The van der Waals surface area contributed by atoms with Gasteiger partial charge in [0.15, 0.2) is 5.82 Å². The van der Waals surface area contributed by atoms with Crippen molar-refractivity contribution in [3.05, 3.63) is 54.7 Å². The number of amides is 1. The molecule has 1 aliphatic heterocycles. The predicted molar refractivity (Wildman–Crippen MR) is 134 cm³/mol. The Balaban J connectivity index is 1.37. The minimum atomic E-state index is -0.514. The topological polar surface area (TPSA) is 122 Å². The number of aliphatic hydroxyl groups is 1. The number of hydrogen-bond donors (Lipinski definition) is 1. The van der Waals surface area contributed by atoms with Crippen LogP contribution < -0.4 is 4.90 Å². The number of ether oxygens (including phenoxy) is 1. The van der Waals surface area contributed by atoms with Crippen LogP contribution in [0.1, 0.15) is 26.5 Å². The summed E-state index contributed by atoms with van der Waals surface area (Å²) in [6, 6.07) is 7.70. The molecule has 1 saturated heterocycles. The van der Waals surface area contributed by atoms with Gasteiger partial charge < -0.3 is 19.6 Å². The molecule has 186 valence electrons. The second-order valence-electron chi connectivity index (χ2n) is 9.55. The van der Waals surface area contributed by atoms with E-state index in [1.54, 1.807) is 28.2 Å². The van der Waals surface area contributed by atoms with E-state index in [0.717, 1.165) is 16.7 Å². The molecule has 1 aliphatic rings. The summed E-state index contributed by atoms with van der Waals surface area (Å²) in [6.45, 7) is 7.86. The van der Waals surface area contributed by atoms with Crippen molar-refractivity contribution in [3.8, 4) is 17.2 Å². The van der Waals surface area contributed by atoms with E-state index in [2.05, 4.69) is 25.0 Å². The van der Waals surface area contributed by atoms with Crippen LogP contribution in [0.15, 0.2) is 49.1 Å². The van der Waals surface area contributed by atoms with Gasteiger partial charge in [-0.05, 0) is 39.0 Å². The minimum absolute atomic E-state index is 0.191. The molecule has 11 nitrogen and oxygen atoms in total. The summed E-state index contributed by atoms with van der Waals surface area (Å²) < 4.78 is 7.27. The van der Waals surface area contributed by atoms with E-state index in [-0.39, 0.29) is 12.7 Å². The molecule has 0 aromatic carbocycles. The maximum absolute atomic E-state index is 12.4. The van der Waals surface area contributed by atoms with Crippen molar-refractivity contribution in [2.45, 2.75) is 33.0 Å². The molecule has 4 aromatic rings. The zero-order valence-corrected chi connectivity index (χ0v) is 20.5. The summed E-state index contributed by atoms with van der Waals surface area (Å²) in [7, 11) is 0. The molecular formula is C25H28N8O3. The molecule has 0 saturated carbocycles. The Hall–Kier alpha value is -4.12. The van der Waals surface area contributed by atoms with Crippen LogP contribution in [0.5, 0.6) is 0 Å². The van der Waals surface area contributed by atoms with Gasteiger partial charge in [-0.1, -0.05) is 6.07 Å². The van der Waals surface area contributed by atoms with Gasteiger partial charge in [0, 0.05) is 37.8 Å². The first-order valence-corrected chi connectivity index (χ1v) is 11.8. The first-order valence-electron chi connectivity index (χ1n) is 11.8. The Morgan fingerprint density at radius 3 is 2.53 bits per heavy atom. The number of hydrogen-bond acceptors (Lipinski definition) is 9. The van der Waals surface area contributed by atoms with E-state index in [0.29, 0.717) is 49.1 Å². The van der Waals surface area contributed by atoms with Gasteiger partial charge in [-0.2, -0.15) is 5.10 Å². The summed E-state index contributed by atoms with van der Waals surface area (Å²) >= 11 is 0. The van der Waals surface area contributed by atoms with Crippen LogP contribution in [0.4, 0.5) is 10.6 Å². The highest BCUT2D eigenvalue weighted by molar-refractivity contribution is 5.82. The molecule has 4 aromatic heterocycles. The molecule has 36 heavy (non-hydrogen) atoms. The molecule has 5 heterocycles. The Morgan fingerprint density at radius 2 is 1.78 bits per heavy atom. The first-order chi connectivity index (χ1) is 17.3. The van der Waals surface area contributed by atoms with Gasteiger partial charge in [0.1, 0.15) is 17.1 Å². The Bertz CT molecular complexity index is 1390. The number of nitrogens with zero attached hydrogens (tertiary/aromatic N) is 8. The molecule has 1 N–H and O–H groups in total. The molecule has 5 rings (SSSR count). The fraction of sp³-hybridized carbons (Fsp3) is 0.360. The lowest BCUT2D eigenvalue weighted by Crippen LogP contribution is -2.50. The molecule has 1 amide bonds. The molecule has 11 heteroatoms. The summed E-state index contributed by atoms with van der Waals surface area (Å²) in [6.07, 6.45) is 6.33. The second-order valence-corrected chi connectivity index (χ2v) is 9.55.